The number of ether oxygens (including phenoxy) is 8. The van der Waals surface area contributed by atoms with E-state index in [1.54, 1.807) is 50.3 Å². The Hall–Kier alpha value is -3.70. The molecule has 5 heterocycles. The first-order valence-corrected chi connectivity index (χ1v) is 27.8. The van der Waals surface area contributed by atoms with Crippen LogP contribution in [0.5, 0.6) is 0 Å². The molecule has 75 heavy (non-hydrogen) atoms. The Balaban J connectivity index is 1.17. The van der Waals surface area contributed by atoms with E-state index in [-0.39, 0.29) is 42.4 Å². The number of thioether (sulfide) groups is 1. The molecule has 422 valence electrons. The number of aromatic carboxylic acids is 1. The van der Waals surface area contributed by atoms with Crippen LogP contribution < -0.4 is 10.7 Å². The van der Waals surface area contributed by atoms with Crippen LogP contribution in [0.3, 0.4) is 0 Å². The van der Waals surface area contributed by atoms with Gasteiger partial charge in [-0.3, -0.25) is 14.4 Å². The molecule has 0 radical (unpaired) electrons. The van der Waals surface area contributed by atoms with Gasteiger partial charge in [-0.2, -0.15) is 0 Å². The molecule has 6 rings (SSSR count). The van der Waals surface area contributed by atoms with Gasteiger partial charge in [0, 0.05) is 79.9 Å². The maximum Gasteiger partial charge on any atom is 0.408 e. The summed E-state index contributed by atoms with van der Waals surface area (Å²) in [6.45, 7) is 23.3. The summed E-state index contributed by atoms with van der Waals surface area (Å²) in [6.07, 6.45) is -4.13. The predicted molar refractivity (Wildman–Crippen MR) is 283 cm³/mol. The number of nitrogens with zero attached hydrogens (tertiary/aromatic N) is 3. The largest absolute Gasteiger partial charge is 0.477 e. The molecule has 19 nitrogen and oxygen atoms in total. The summed E-state index contributed by atoms with van der Waals surface area (Å²) in [4.78, 5) is 72.0. The van der Waals surface area contributed by atoms with Crippen LogP contribution in [0, 0.1) is 23.2 Å². The fourth-order valence-corrected chi connectivity index (χ4v) is 13.0. The molecule has 4 fully saturated rings. The fourth-order valence-electron chi connectivity index (χ4n) is 12.0. The topological polar surface area (TPSA) is 223 Å². The maximum absolute atomic E-state index is 14.7. The van der Waals surface area contributed by atoms with E-state index in [1.807, 2.05) is 72.7 Å². The van der Waals surface area contributed by atoms with Crippen LogP contribution in [-0.4, -0.2) is 181 Å². The maximum atomic E-state index is 14.7. The smallest absolute Gasteiger partial charge is 0.408 e. The van der Waals surface area contributed by atoms with Gasteiger partial charge in [0.1, 0.15) is 23.8 Å². The number of aryl methyl sites for hydroxylation is 1. The predicted octanol–water partition coefficient (Wildman–Crippen LogP) is 6.35. The van der Waals surface area contributed by atoms with Gasteiger partial charge in [-0.25, -0.2) is 9.59 Å². The third kappa shape index (κ3) is 13.4. The fraction of sp³-hybridized carbons (Fsp3) is 0.764. The Morgan fingerprint density at radius 3 is 2.29 bits per heavy atom. The second-order valence-corrected chi connectivity index (χ2v) is 24.0. The lowest BCUT2D eigenvalue weighted by Gasteiger charge is -2.49. The number of carbonyl (C=O) groups excluding carboxylic acids is 3. The number of esters is 1. The average molecular weight is 1080 g/mol. The van der Waals surface area contributed by atoms with Crippen molar-refractivity contribution < 1.29 is 67.3 Å². The Morgan fingerprint density at radius 2 is 1.67 bits per heavy atom. The van der Waals surface area contributed by atoms with Gasteiger partial charge in [-0.15, -0.1) is 11.8 Å². The van der Waals surface area contributed by atoms with Crippen LogP contribution >= 0.6 is 11.8 Å². The highest BCUT2D eigenvalue weighted by molar-refractivity contribution is 7.99. The number of carboxylic acids is 1. The van der Waals surface area contributed by atoms with Crippen LogP contribution in [0.2, 0.25) is 0 Å². The van der Waals surface area contributed by atoms with Crippen LogP contribution in [0.25, 0.3) is 10.9 Å². The molecule has 2 aromatic rings. The molecule has 3 N–H and O–H groups in total. The van der Waals surface area contributed by atoms with Gasteiger partial charge < -0.3 is 67.8 Å². The number of nitrogens with one attached hydrogen (secondary N) is 1. The number of fused-ring (bicyclic) bond motifs is 2. The van der Waals surface area contributed by atoms with Gasteiger partial charge in [0.2, 0.25) is 5.43 Å². The van der Waals surface area contributed by atoms with Crippen molar-refractivity contribution >= 4 is 46.5 Å². The minimum atomic E-state index is -1.52. The number of hydrogen-bond donors (Lipinski definition) is 3. The van der Waals surface area contributed by atoms with Crippen molar-refractivity contribution in [1.82, 2.24) is 19.7 Å². The number of aliphatic hydroxyl groups is 1. The molecule has 4 aliphatic heterocycles. The molecule has 16 atom stereocenters. The number of aromatic nitrogens is 1. The number of ketones is 1. The summed E-state index contributed by atoms with van der Waals surface area (Å²) in [5.41, 5.74) is -3.24. The van der Waals surface area contributed by atoms with E-state index in [2.05, 4.69) is 31.1 Å². The van der Waals surface area contributed by atoms with Gasteiger partial charge in [0.15, 0.2) is 24.0 Å². The first kappa shape index (κ1) is 60.5. The number of hydrogen-bond acceptors (Lipinski definition) is 17. The Morgan fingerprint density at radius 1 is 0.960 bits per heavy atom. The lowest BCUT2D eigenvalue weighted by atomic mass is 9.75. The van der Waals surface area contributed by atoms with Crippen molar-refractivity contribution in [3.63, 3.8) is 0 Å². The molecule has 4 aliphatic rings. The zero-order chi connectivity index (χ0) is 55.5. The number of Topliss-reactive ketones (excluding diaryl/α,β-unsaturated/α-hetero) is 1. The molecule has 20 heteroatoms. The number of likely N-dealkylation sites (N-methyl/N-ethyl adjacent to an activating group) is 1. The monoisotopic (exact) mass is 1070 g/mol. The number of carboxylic acid groups (broad SMARTS) is 1. The molecule has 0 unspecified atom stereocenters. The van der Waals surface area contributed by atoms with Crippen molar-refractivity contribution in [2.45, 2.75) is 198 Å². The summed E-state index contributed by atoms with van der Waals surface area (Å²) in [7, 11) is 7.38. The minimum absolute atomic E-state index is 0.118. The number of amides is 1. The summed E-state index contributed by atoms with van der Waals surface area (Å²) in [6, 6.07) is 4.21. The minimum Gasteiger partial charge on any atom is -0.477 e. The molecule has 0 saturated carbocycles. The third-order valence-electron chi connectivity index (χ3n) is 16.3. The number of cyclic esters (lactones) is 1. The number of benzene rings is 1. The van der Waals surface area contributed by atoms with E-state index >= 15 is 0 Å². The van der Waals surface area contributed by atoms with Crippen LogP contribution in [0.4, 0.5) is 4.79 Å². The number of carbonyl (C=O) groups is 4. The van der Waals surface area contributed by atoms with Crippen LogP contribution in [0.1, 0.15) is 119 Å². The zero-order valence-corrected chi connectivity index (χ0v) is 47.7. The van der Waals surface area contributed by atoms with Crippen LogP contribution in [-0.2, 0) is 54.0 Å². The van der Waals surface area contributed by atoms with Crippen molar-refractivity contribution in [2.24, 2.45) is 23.2 Å². The molecular formula is C55H86N4O15S. The normalized spacial score (nSPS) is 35.8. The van der Waals surface area contributed by atoms with E-state index < -0.39 is 107 Å². The number of pyridine rings is 1. The molecule has 1 aromatic carbocycles. The molecule has 1 amide bonds. The quantitative estimate of drug-likeness (QED) is 0.0840. The molecular weight excluding hydrogens is 989 g/mol. The van der Waals surface area contributed by atoms with Crippen molar-refractivity contribution in [1.29, 1.82) is 0 Å². The Labute approximate surface area is 447 Å². The first-order chi connectivity index (χ1) is 35.2. The van der Waals surface area contributed by atoms with E-state index in [0.717, 1.165) is 30.2 Å². The van der Waals surface area contributed by atoms with E-state index in [4.69, 9.17) is 37.9 Å². The summed E-state index contributed by atoms with van der Waals surface area (Å²) >= 11 is 1.61. The van der Waals surface area contributed by atoms with Gasteiger partial charge in [0.25, 0.3) is 0 Å². The van der Waals surface area contributed by atoms with E-state index in [0.29, 0.717) is 36.9 Å². The lowest BCUT2D eigenvalue weighted by molar-refractivity contribution is -0.315. The number of methoxy groups -OCH3 is 1. The molecule has 0 spiro atoms. The van der Waals surface area contributed by atoms with Crippen molar-refractivity contribution in [3.8, 4) is 0 Å². The van der Waals surface area contributed by atoms with E-state index in [9.17, 15) is 34.2 Å². The standard InChI is InChI=1S/C55H86N4O15S/c1-16-40-55(11)46(56-52(66)74-55)42(60)30(3)27-54(10,67-15)47(73-51-44(62)39(57(12)13)25-31(4)69-51)32(5)45(33(6)50(65)71-40)72-41-28-53(8,9)48(34(7)70-41)68-23-18-21-58(14)22-24-75-35-19-20-38-36(26-35)43(61)37(49(63)64)29-59(38)17-2/h19-20,26,29-34,39-41,44-48,51,62H,16-18,21-25,27-28H2,1-15H3,(H,56,66)(H,63,64)/t30-,31-,32+,33-,34+,39+,40-,41+,44-,45+,46-,47-,48+,51+,54-,55-/m1/s1. The average Bonchev–Trinajstić information content (AvgIpc) is 3.66. The highest BCUT2D eigenvalue weighted by Gasteiger charge is 2.58. The summed E-state index contributed by atoms with van der Waals surface area (Å²) in [5, 5.41) is 24.5. The van der Waals surface area contributed by atoms with Gasteiger partial charge >= 0.3 is 18.0 Å². The molecule has 0 bridgehead atoms. The van der Waals surface area contributed by atoms with Gasteiger partial charge in [0.05, 0.1) is 47.6 Å². The Bertz CT molecular complexity index is 2390. The van der Waals surface area contributed by atoms with E-state index in [1.165, 1.54) is 6.20 Å². The summed E-state index contributed by atoms with van der Waals surface area (Å²) in [5.74, 6) is -3.79. The molecule has 0 aliphatic carbocycles. The van der Waals surface area contributed by atoms with Gasteiger partial charge in [-0.05, 0) is 112 Å². The summed E-state index contributed by atoms with van der Waals surface area (Å²) < 4.78 is 54.0. The number of aliphatic hydroxyl groups excluding tert-OH is 1. The Kier molecular flexibility index (Phi) is 20.1. The number of rotatable bonds is 18. The number of alkyl carbamates (subject to hydrolysis) is 1. The second-order valence-electron chi connectivity index (χ2n) is 22.8. The highest BCUT2D eigenvalue weighted by Crippen LogP contribution is 2.44. The second kappa shape index (κ2) is 25.0. The van der Waals surface area contributed by atoms with Crippen molar-refractivity contribution in [3.05, 3.63) is 40.2 Å². The molecule has 4 saturated heterocycles. The highest BCUT2D eigenvalue weighted by atomic mass is 32.2. The SMILES string of the molecule is CC[C@H]1OC(=O)[C@H](C)[C@@H](O[C@H]2CC(C)(C)[C@@H](OCCCN(C)CCSc3ccc4c(c3)c(=O)c(C(=O)O)cn4CC)[C@H](C)O2)[C@H](C)[C@@H](O[C@@H]2O[C@H](C)C[C@H](N(C)C)[C@H]2O)[C@](C)(OC)C[C@@H](C)C(=O)[C@H]2NC(=O)O[C@@]21C. The third-order valence-corrected chi connectivity index (χ3v) is 17.3. The van der Waals surface area contributed by atoms with Gasteiger partial charge in [-0.1, -0.05) is 34.6 Å². The first-order valence-electron chi connectivity index (χ1n) is 26.8. The zero-order valence-electron chi connectivity index (χ0n) is 46.9. The molecule has 1 aromatic heterocycles. The van der Waals surface area contributed by atoms with Crippen molar-refractivity contribution in [2.75, 3.05) is 53.7 Å². The lowest BCUT2D eigenvalue weighted by Crippen LogP contribution is -2.60. The van der Waals surface area contributed by atoms with Crippen LogP contribution in [0.15, 0.2) is 34.1 Å².